The Morgan fingerprint density at radius 3 is 2.20 bits per heavy atom. The average Bonchev–Trinajstić information content (AvgIpc) is 2.24. The molecule has 82 valence electrons. The van der Waals surface area contributed by atoms with E-state index in [-0.39, 0.29) is 23.1 Å². The van der Waals surface area contributed by atoms with Gasteiger partial charge in [-0.1, -0.05) is 23.8 Å². The quantitative estimate of drug-likeness (QED) is 0.681. The van der Waals surface area contributed by atoms with Gasteiger partial charge in [0.15, 0.2) is 0 Å². The first-order valence-electron chi connectivity index (χ1n) is 4.48. The monoisotopic (exact) mass is 228 g/mol. The maximum absolute atomic E-state index is 9.78. The van der Waals surface area contributed by atoms with E-state index in [1.54, 1.807) is 13.8 Å². The van der Waals surface area contributed by atoms with Crippen LogP contribution in [0.5, 0.6) is 11.5 Å². The largest absolute Gasteiger partial charge is 0.507 e. The highest BCUT2D eigenvalue weighted by Crippen LogP contribution is 2.40. The van der Waals surface area contributed by atoms with Gasteiger partial charge >= 0.3 is 0 Å². The molecule has 1 aromatic carbocycles. The molecule has 3 nitrogen and oxygen atoms in total. The van der Waals surface area contributed by atoms with Crippen LogP contribution in [0.4, 0.5) is 0 Å². The second kappa shape index (κ2) is 4.55. The van der Waals surface area contributed by atoms with Gasteiger partial charge in [0.1, 0.15) is 11.5 Å². The molecule has 1 aromatic rings. The Kier molecular flexibility index (Phi) is 3.61. The molecule has 0 unspecified atom stereocenters. The molecule has 3 N–H and O–H groups in total. The number of aliphatic hydroxyl groups is 1. The van der Waals surface area contributed by atoms with Gasteiger partial charge in [-0.2, -0.15) is 0 Å². The van der Waals surface area contributed by atoms with Crippen LogP contribution < -0.4 is 0 Å². The lowest BCUT2D eigenvalue weighted by atomic mass is 10.0. The van der Waals surface area contributed by atoms with E-state index in [0.717, 1.165) is 0 Å². The Hall–Kier alpha value is -1.19. The number of benzene rings is 1. The molecule has 0 saturated heterocycles. The number of phenolic OH excluding ortho intramolecular Hbond substituents is 2. The zero-order chi connectivity index (χ0) is 11.6. The van der Waals surface area contributed by atoms with Crippen LogP contribution in [0.25, 0.3) is 6.08 Å². The van der Waals surface area contributed by atoms with Gasteiger partial charge in [0.05, 0.1) is 11.6 Å². The normalized spacial score (nSPS) is 11.2. The molecule has 0 bridgehead atoms. The average molecular weight is 229 g/mol. The van der Waals surface area contributed by atoms with E-state index in [1.165, 1.54) is 12.2 Å². The maximum Gasteiger partial charge on any atom is 0.138 e. The van der Waals surface area contributed by atoms with Crippen molar-refractivity contribution in [3.63, 3.8) is 0 Å². The fraction of sp³-hybridized carbons (Fsp3) is 0.273. The van der Waals surface area contributed by atoms with Crippen molar-refractivity contribution in [2.24, 2.45) is 0 Å². The van der Waals surface area contributed by atoms with Gasteiger partial charge in [-0.05, 0) is 25.0 Å². The summed E-state index contributed by atoms with van der Waals surface area (Å²) < 4.78 is 0. The van der Waals surface area contributed by atoms with E-state index in [2.05, 4.69) is 0 Å². The van der Waals surface area contributed by atoms with Crippen LogP contribution in [0, 0.1) is 13.8 Å². The lowest BCUT2D eigenvalue weighted by Crippen LogP contribution is -1.89. The molecule has 0 saturated carbocycles. The maximum atomic E-state index is 9.78. The Morgan fingerprint density at radius 1 is 1.13 bits per heavy atom. The molecule has 15 heavy (non-hydrogen) atoms. The summed E-state index contributed by atoms with van der Waals surface area (Å²) in [4.78, 5) is 0. The topological polar surface area (TPSA) is 60.7 Å². The number of aromatic hydroxyl groups is 2. The van der Waals surface area contributed by atoms with E-state index >= 15 is 0 Å². The van der Waals surface area contributed by atoms with Gasteiger partial charge in [-0.15, -0.1) is 0 Å². The van der Waals surface area contributed by atoms with Crippen molar-refractivity contribution >= 4 is 17.7 Å². The zero-order valence-electron chi connectivity index (χ0n) is 8.58. The molecular formula is C11H13ClO3. The molecule has 0 aliphatic carbocycles. The van der Waals surface area contributed by atoms with Crippen molar-refractivity contribution in [2.75, 3.05) is 6.61 Å². The standard InChI is InChI=1S/C11H13ClO3/c1-6-7(2)11(15)9(12)8(10(6)14)4-3-5-13/h3-4,13-15H,5H2,1-2H3. The summed E-state index contributed by atoms with van der Waals surface area (Å²) in [6.07, 6.45) is 2.92. The van der Waals surface area contributed by atoms with Crippen molar-refractivity contribution in [1.82, 2.24) is 0 Å². The highest BCUT2D eigenvalue weighted by molar-refractivity contribution is 6.34. The second-order valence-corrected chi connectivity index (χ2v) is 3.64. The highest BCUT2D eigenvalue weighted by Gasteiger charge is 2.15. The molecule has 0 heterocycles. The van der Waals surface area contributed by atoms with E-state index in [9.17, 15) is 10.2 Å². The minimum atomic E-state index is -0.149. The summed E-state index contributed by atoms with van der Waals surface area (Å²) in [5.41, 5.74) is 1.46. The minimum absolute atomic E-state index is 0.0278. The third-order valence-electron chi connectivity index (χ3n) is 2.36. The molecule has 4 heteroatoms. The number of halogens is 1. The number of aliphatic hydroxyl groups excluding tert-OH is 1. The van der Waals surface area contributed by atoms with Gasteiger partial charge in [-0.25, -0.2) is 0 Å². The highest BCUT2D eigenvalue weighted by atomic mass is 35.5. The smallest absolute Gasteiger partial charge is 0.138 e. The summed E-state index contributed by atoms with van der Waals surface area (Å²) in [6, 6.07) is 0. The van der Waals surface area contributed by atoms with E-state index in [1.807, 2.05) is 0 Å². The molecule has 0 fully saturated rings. The Balaban J connectivity index is 3.45. The van der Waals surface area contributed by atoms with Crippen LogP contribution in [0.3, 0.4) is 0 Å². The number of rotatable bonds is 2. The van der Waals surface area contributed by atoms with Crippen LogP contribution in [-0.2, 0) is 0 Å². The molecular weight excluding hydrogens is 216 g/mol. The second-order valence-electron chi connectivity index (χ2n) is 3.26. The molecule has 0 aliphatic rings. The molecule has 0 aromatic heterocycles. The summed E-state index contributed by atoms with van der Waals surface area (Å²) in [5.74, 6) is -0.00967. The predicted molar refractivity (Wildman–Crippen MR) is 60.4 cm³/mol. The first-order chi connectivity index (χ1) is 7.00. The Bertz CT molecular complexity index is 382. The number of phenols is 2. The molecule has 0 radical (unpaired) electrons. The Morgan fingerprint density at radius 2 is 1.67 bits per heavy atom. The minimum Gasteiger partial charge on any atom is -0.507 e. The molecule has 0 atom stereocenters. The molecule has 0 amide bonds. The van der Waals surface area contributed by atoms with E-state index in [4.69, 9.17) is 16.7 Å². The van der Waals surface area contributed by atoms with Crippen LogP contribution in [0.2, 0.25) is 5.02 Å². The van der Waals surface area contributed by atoms with Gasteiger partial charge in [-0.3, -0.25) is 0 Å². The van der Waals surface area contributed by atoms with Crippen LogP contribution in [0.15, 0.2) is 6.08 Å². The van der Waals surface area contributed by atoms with Gasteiger partial charge in [0, 0.05) is 5.56 Å². The van der Waals surface area contributed by atoms with Crippen molar-refractivity contribution in [3.05, 3.63) is 27.8 Å². The molecule has 0 spiro atoms. The van der Waals surface area contributed by atoms with Gasteiger partial charge in [0.25, 0.3) is 0 Å². The molecule has 1 rings (SSSR count). The van der Waals surface area contributed by atoms with Crippen molar-refractivity contribution in [1.29, 1.82) is 0 Å². The fourth-order valence-electron chi connectivity index (χ4n) is 1.28. The molecule has 0 aliphatic heterocycles. The lowest BCUT2D eigenvalue weighted by molar-refractivity contribution is 0.343. The van der Waals surface area contributed by atoms with Crippen molar-refractivity contribution in [2.45, 2.75) is 13.8 Å². The third-order valence-corrected chi connectivity index (χ3v) is 2.74. The summed E-state index contributed by atoms with van der Waals surface area (Å²) in [6.45, 7) is 3.22. The lowest BCUT2D eigenvalue weighted by Gasteiger charge is -2.11. The summed E-state index contributed by atoms with van der Waals surface area (Å²) >= 11 is 5.87. The van der Waals surface area contributed by atoms with Gasteiger partial charge in [0.2, 0.25) is 0 Å². The fourth-order valence-corrected chi connectivity index (χ4v) is 1.57. The number of hydrogen-bond donors (Lipinski definition) is 3. The van der Waals surface area contributed by atoms with E-state index in [0.29, 0.717) is 16.7 Å². The summed E-state index contributed by atoms with van der Waals surface area (Å²) in [5, 5.41) is 28.2. The predicted octanol–water partition coefficient (Wildman–Crippen LogP) is 2.37. The van der Waals surface area contributed by atoms with Crippen LogP contribution in [0.1, 0.15) is 16.7 Å². The van der Waals surface area contributed by atoms with Crippen molar-refractivity contribution in [3.8, 4) is 11.5 Å². The van der Waals surface area contributed by atoms with E-state index < -0.39 is 0 Å². The van der Waals surface area contributed by atoms with Crippen LogP contribution >= 0.6 is 11.6 Å². The first-order valence-corrected chi connectivity index (χ1v) is 4.86. The van der Waals surface area contributed by atoms with Gasteiger partial charge < -0.3 is 15.3 Å². The summed E-state index contributed by atoms with van der Waals surface area (Å²) in [7, 11) is 0. The SMILES string of the molecule is Cc1c(C)c(O)c(C=CCO)c(Cl)c1O. The Labute approximate surface area is 93.3 Å². The third kappa shape index (κ3) is 2.08. The van der Waals surface area contributed by atoms with Crippen LogP contribution in [-0.4, -0.2) is 21.9 Å². The first kappa shape index (κ1) is 11.9. The zero-order valence-corrected chi connectivity index (χ0v) is 9.34. The van der Waals surface area contributed by atoms with Crippen molar-refractivity contribution < 1.29 is 15.3 Å². The number of hydrogen-bond acceptors (Lipinski definition) is 3.